The first-order valence-electron chi connectivity index (χ1n) is 7.07. The summed E-state index contributed by atoms with van der Waals surface area (Å²) in [6.45, 7) is 5.30. The van der Waals surface area contributed by atoms with Crippen molar-refractivity contribution < 1.29 is 4.79 Å². The van der Waals surface area contributed by atoms with Crippen LogP contribution in [0.25, 0.3) is 4.96 Å². The lowest BCUT2D eigenvalue weighted by molar-refractivity contribution is -0.122. The number of amides is 1. The fourth-order valence-corrected chi connectivity index (χ4v) is 2.94. The van der Waals surface area contributed by atoms with Crippen LogP contribution >= 0.6 is 11.3 Å². The highest BCUT2D eigenvalue weighted by Crippen LogP contribution is 2.15. The quantitative estimate of drug-likeness (QED) is 0.764. The van der Waals surface area contributed by atoms with Crippen LogP contribution in [0, 0.1) is 13.8 Å². The van der Waals surface area contributed by atoms with Crippen LogP contribution in [0.2, 0.25) is 0 Å². The molecule has 0 saturated heterocycles. The van der Waals surface area contributed by atoms with Crippen molar-refractivity contribution in [1.82, 2.24) is 29.5 Å². The van der Waals surface area contributed by atoms with E-state index in [9.17, 15) is 9.59 Å². The van der Waals surface area contributed by atoms with Crippen molar-refractivity contribution in [2.24, 2.45) is 0 Å². The molecule has 3 aromatic rings. The maximum atomic E-state index is 12.2. The largest absolute Gasteiger partial charge is 0.348 e. The minimum absolute atomic E-state index is 0.0667. The molecular weight excluding hydrogens is 316 g/mol. The molecule has 0 aromatic carbocycles. The van der Waals surface area contributed by atoms with Crippen molar-refractivity contribution in [2.45, 2.75) is 33.4 Å². The second-order valence-corrected chi connectivity index (χ2v) is 6.14. The molecule has 0 radical (unpaired) electrons. The van der Waals surface area contributed by atoms with E-state index in [0.29, 0.717) is 11.4 Å². The van der Waals surface area contributed by atoms with Gasteiger partial charge in [0.25, 0.3) is 0 Å². The summed E-state index contributed by atoms with van der Waals surface area (Å²) in [6.07, 6.45) is 1.78. The number of hydrogen-bond acceptors (Lipinski definition) is 6. The monoisotopic (exact) mass is 332 g/mol. The van der Waals surface area contributed by atoms with Crippen LogP contribution < -0.4 is 11.0 Å². The van der Waals surface area contributed by atoms with E-state index in [2.05, 4.69) is 20.4 Å². The number of fused-ring (bicyclic) bond motifs is 1. The summed E-state index contributed by atoms with van der Waals surface area (Å²) < 4.78 is 3.02. The van der Waals surface area contributed by atoms with E-state index < -0.39 is 5.69 Å². The van der Waals surface area contributed by atoms with Crippen molar-refractivity contribution >= 4 is 22.2 Å². The van der Waals surface area contributed by atoms with Gasteiger partial charge in [0, 0.05) is 11.4 Å². The van der Waals surface area contributed by atoms with Gasteiger partial charge in [0.05, 0.1) is 17.9 Å². The summed E-state index contributed by atoms with van der Waals surface area (Å²) in [5.41, 5.74) is 3.36. The molecular formula is C14H16N6O2S. The Balaban J connectivity index is 1.72. The predicted molar refractivity (Wildman–Crippen MR) is 85.4 cm³/mol. The van der Waals surface area contributed by atoms with E-state index in [-0.39, 0.29) is 18.5 Å². The van der Waals surface area contributed by atoms with Gasteiger partial charge in [0.15, 0.2) is 0 Å². The topological polar surface area (TPSA) is 94.2 Å². The number of aryl methyl sites for hydroxylation is 2. The van der Waals surface area contributed by atoms with E-state index in [4.69, 9.17) is 0 Å². The van der Waals surface area contributed by atoms with Gasteiger partial charge < -0.3 is 5.32 Å². The molecule has 9 heteroatoms. The van der Waals surface area contributed by atoms with Crippen LogP contribution in [-0.2, 0) is 11.3 Å². The van der Waals surface area contributed by atoms with Gasteiger partial charge in [-0.1, -0.05) is 11.3 Å². The molecule has 0 spiro atoms. The minimum atomic E-state index is -0.419. The smallest absolute Gasteiger partial charge is 0.346 e. The van der Waals surface area contributed by atoms with Gasteiger partial charge in [-0.2, -0.15) is 10.1 Å². The molecule has 0 aliphatic heterocycles. The van der Waals surface area contributed by atoms with Crippen LogP contribution in [0.4, 0.5) is 0 Å². The fourth-order valence-electron chi connectivity index (χ4n) is 2.34. The average Bonchev–Trinajstić information content (AvgIpc) is 3.03. The number of imidazole rings is 1. The molecule has 0 fully saturated rings. The van der Waals surface area contributed by atoms with Crippen LogP contribution in [0.3, 0.4) is 0 Å². The Morgan fingerprint density at radius 2 is 2.17 bits per heavy atom. The van der Waals surface area contributed by atoms with Gasteiger partial charge in [0.2, 0.25) is 10.9 Å². The van der Waals surface area contributed by atoms with Crippen LogP contribution in [0.1, 0.15) is 30.0 Å². The van der Waals surface area contributed by atoms with Gasteiger partial charge in [0.1, 0.15) is 12.1 Å². The Bertz CT molecular complexity index is 896. The minimum Gasteiger partial charge on any atom is -0.346 e. The summed E-state index contributed by atoms with van der Waals surface area (Å²) in [6, 6.07) is 1.50. The molecule has 1 atom stereocenters. The maximum absolute atomic E-state index is 12.2. The molecule has 0 saturated carbocycles. The number of hydrogen-bond donors (Lipinski definition) is 1. The van der Waals surface area contributed by atoms with E-state index in [0.717, 1.165) is 10.7 Å². The Labute approximate surface area is 135 Å². The number of carbonyl (C=O) groups excluding carboxylic acids is 1. The zero-order valence-electron chi connectivity index (χ0n) is 13.0. The molecule has 3 aromatic heterocycles. The first-order chi connectivity index (χ1) is 10.9. The lowest BCUT2D eigenvalue weighted by Gasteiger charge is -2.13. The third kappa shape index (κ3) is 3.14. The van der Waals surface area contributed by atoms with Crippen molar-refractivity contribution in [3.8, 4) is 0 Å². The Morgan fingerprint density at radius 1 is 1.39 bits per heavy atom. The van der Waals surface area contributed by atoms with E-state index in [1.807, 2.05) is 6.92 Å². The molecule has 0 aliphatic carbocycles. The van der Waals surface area contributed by atoms with E-state index in [1.54, 1.807) is 36.1 Å². The summed E-state index contributed by atoms with van der Waals surface area (Å²) >= 11 is 1.43. The third-order valence-corrected chi connectivity index (χ3v) is 4.16. The first kappa shape index (κ1) is 15.3. The number of carbonyl (C=O) groups is 1. The first-order valence-corrected chi connectivity index (χ1v) is 7.95. The zero-order chi connectivity index (χ0) is 16.6. The maximum Gasteiger partial charge on any atom is 0.348 e. The van der Waals surface area contributed by atoms with Gasteiger partial charge in [-0.05, 0) is 26.8 Å². The third-order valence-electron chi connectivity index (χ3n) is 3.47. The van der Waals surface area contributed by atoms with Crippen molar-refractivity contribution in [2.75, 3.05) is 0 Å². The van der Waals surface area contributed by atoms with Crippen molar-refractivity contribution in [3.05, 3.63) is 45.3 Å². The second-order valence-electron chi connectivity index (χ2n) is 5.33. The molecule has 1 N–H and O–H groups in total. The SMILES string of the molecule is Cc1cc(C)n(CC(=O)N[C@@H](C)c2cn3ncsc3n2)c(=O)n1. The van der Waals surface area contributed by atoms with E-state index >= 15 is 0 Å². The second kappa shape index (κ2) is 5.92. The summed E-state index contributed by atoms with van der Waals surface area (Å²) in [4.78, 5) is 33.1. The number of nitrogens with one attached hydrogen (secondary N) is 1. The summed E-state index contributed by atoms with van der Waals surface area (Å²) in [5, 5.41) is 6.95. The summed E-state index contributed by atoms with van der Waals surface area (Å²) in [5.74, 6) is -0.266. The molecule has 3 rings (SSSR count). The Kier molecular flexibility index (Phi) is 3.95. The normalized spacial score (nSPS) is 12.5. The Hall–Kier alpha value is -2.55. The molecule has 1 amide bonds. The van der Waals surface area contributed by atoms with Crippen LogP contribution in [-0.4, -0.2) is 30.1 Å². The molecule has 23 heavy (non-hydrogen) atoms. The number of nitrogens with zero attached hydrogens (tertiary/aromatic N) is 5. The van der Waals surface area contributed by atoms with Gasteiger partial charge in [-0.15, -0.1) is 0 Å². The van der Waals surface area contributed by atoms with Gasteiger partial charge in [-0.25, -0.2) is 14.3 Å². The highest BCUT2D eigenvalue weighted by molar-refractivity contribution is 7.14. The molecule has 8 nitrogen and oxygen atoms in total. The highest BCUT2D eigenvalue weighted by Gasteiger charge is 2.15. The molecule has 0 aliphatic rings. The fraction of sp³-hybridized carbons (Fsp3) is 0.357. The average molecular weight is 332 g/mol. The van der Waals surface area contributed by atoms with Crippen LogP contribution in [0.5, 0.6) is 0 Å². The molecule has 120 valence electrons. The van der Waals surface area contributed by atoms with Crippen molar-refractivity contribution in [3.63, 3.8) is 0 Å². The summed E-state index contributed by atoms with van der Waals surface area (Å²) in [7, 11) is 0. The van der Waals surface area contributed by atoms with Gasteiger partial charge in [-0.3, -0.25) is 9.36 Å². The highest BCUT2D eigenvalue weighted by atomic mass is 32.1. The molecule has 0 unspecified atom stereocenters. The van der Waals surface area contributed by atoms with Gasteiger partial charge >= 0.3 is 5.69 Å². The Morgan fingerprint density at radius 3 is 2.87 bits per heavy atom. The number of rotatable bonds is 4. The van der Waals surface area contributed by atoms with E-state index in [1.165, 1.54) is 15.9 Å². The predicted octanol–water partition coefficient (Wildman–Crippen LogP) is 0.842. The van der Waals surface area contributed by atoms with Crippen molar-refractivity contribution in [1.29, 1.82) is 0 Å². The lowest BCUT2D eigenvalue weighted by atomic mass is 10.2. The zero-order valence-corrected chi connectivity index (χ0v) is 13.8. The van der Waals surface area contributed by atoms with Crippen LogP contribution in [0.15, 0.2) is 22.6 Å². The molecule has 3 heterocycles. The number of aromatic nitrogens is 5. The molecule has 0 bridgehead atoms. The standard InChI is InChI=1S/C14H16N6O2S/c1-8-4-9(2)19(13(22)16-8)6-12(21)17-10(3)11-5-20-14(18-11)23-7-15-20/h4-5,7,10H,6H2,1-3H3,(H,17,21)/t10-/m0/s1. The lowest BCUT2D eigenvalue weighted by Crippen LogP contribution is -2.35.